The van der Waals surface area contributed by atoms with Gasteiger partial charge in [0.05, 0.1) is 20.3 Å². The number of hydrogen-bond donors (Lipinski definition) is 1. The minimum absolute atomic E-state index is 0.245. The molecule has 0 radical (unpaired) electrons. The summed E-state index contributed by atoms with van der Waals surface area (Å²) in [6.45, 7) is 5.26. The number of carbonyl (C=O) groups excluding carboxylic acids is 1. The Hall–Kier alpha value is -2.31. The number of nitrogens with zero attached hydrogens (tertiary/aromatic N) is 1. The molecule has 1 aromatic heterocycles. The lowest BCUT2D eigenvalue weighted by Gasteiger charge is -2.16. The van der Waals surface area contributed by atoms with Crippen molar-refractivity contribution in [2.75, 3.05) is 11.9 Å². The Balaban J connectivity index is 1.53. The van der Waals surface area contributed by atoms with Crippen LogP contribution < -0.4 is 10.1 Å². The molecular weight excluding hydrogens is 487 g/mol. The molecule has 0 bridgehead atoms. The average Bonchev–Trinajstić information content (AvgIpc) is 3.21. The lowest BCUT2D eigenvalue weighted by molar-refractivity contribution is -0.118. The van der Waals surface area contributed by atoms with Gasteiger partial charge in [0, 0.05) is 16.3 Å². The van der Waals surface area contributed by atoms with E-state index in [0.717, 1.165) is 26.4 Å². The summed E-state index contributed by atoms with van der Waals surface area (Å²) in [6.07, 6.45) is 0. The molecule has 0 unspecified atom stereocenters. The summed E-state index contributed by atoms with van der Waals surface area (Å²) in [5.74, 6) is -0.0743. The van der Waals surface area contributed by atoms with Crippen molar-refractivity contribution in [3.05, 3.63) is 74.2 Å². The number of thiazole rings is 1. The first-order valence-corrected chi connectivity index (χ1v) is 11.7. The molecule has 4 aromatic rings. The van der Waals surface area contributed by atoms with E-state index < -0.39 is 0 Å². The van der Waals surface area contributed by atoms with Crippen molar-refractivity contribution >= 4 is 68.0 Å². The van der Waals surface area contributed by atoms with Crippen molar-refractivity contribution in [3.8, 4) is 16.3 Å². The van der Waals surface area contributed by atoms with Crippen LogP contribution in [0.2, 0.25) is 15.1 Å². The normalized spacial score (nSPS) is 11.1. The van der Waals surface area contributed by atoms with Crippen LogP contribution in [0.15, 0.2) is 42.5 Å². The van der Waals surface area contributed by atoms with Crippen LogP contribution in [-0.4, -0.2) is 17.5 Å². The summed E-state index contributed by atoms with van der Waals surface area (Å²) in [5.41, 5.74) is 4.86. The highest BCUT2D eigenvalue weighted by Gasteiger charge is 2.19. The largest absolute Gasteiger partial charge is 0.481 e. The zero-order chi connectivity index (χ0) is 23.0. The van der Waals surface area contributed by atoms with E-state index in [9.17, 15) is 4.79 Å². The monoisotopic (exact) mass is 504 g/mol. The van der Waals surface area contributed by atoms with Crippen LogP contribution in [0.4, 0.5) is 5.69 Å². The lowest BCUT2D eigenvalue weighted by atomic mass is 10.1. The zero-order valence-corrected chi connectivity index (χ0v) is 20.6. The predicted molar refractivity (Wildman–Crippen MR) is 135 cm³/mol. The Morgan fingerprint density at radius 2 is 1.62 bits per heavy atom. The molecule has 0 aliphatic heterocycles. The number of halogens is 3. The molecule has 3 aromatic carbocycles. The molecule has 4 nitrogen and oxygen atoms in total. The van der Waals surface area contributed by atoms with Gasteiger partial charge in [-0.3, -0.25) is 4.79 Å². The predicted octanol–water partition coefficient (Wildman–Crippen LogP) is 7.87. The fourth-order valence-corrected chi connectivity index (χ4v) is 5.22. The average molecular weight is 506 g/mol. The number of anilines is 1. The molecule has 8 heteroatoms. The van der Waals surface area contributed by atoms with E-state index in [1.54, 1.807) is 25.2 Å². The van der Waals surface area contributed by atoms with Gasteiger partial charge in [-0.2, -0.15) is 0 Å². The summed E-state index contributed by atoms with van der Waals surface area (Å²) in [5, 5.41) is 4.89. The van der Waals surface area contributed by atoms with Gasteiger partial charge in [0.2, 0.25) is 0 Å². The van der Waals surface area contributed by atoms with Crippen molar-refractivity contribution in [2.24, 2.45) is 0 Å². The number of fused-ring (bicyclic) bond motifs is 1. The highest BCUT2D eigenvalue weighted by Crippen LogP contribution is 2.42. The second kappa shape index (κ2) is 9.28. The Labute approximate surface area is 205 Å². The zero-order valence-electron chi connectivity index (χ0n) is 17.6. The lowest BCUT2D eigenvalue weighted by Crippen LogP contribution is -2.21. The van der Waals surface area contributed by atoms with Gasteiger partial charge in [0.25, 0.3) is 5.91 Å². The van der Waals surface area contributed by atoms with Crippen LogP contribution in [-0.2, 0) is 4.79 Å². The molecule has 164 valence electrons. The summed E-state index contributed by atoms with van der Waals surface area (Å²) >= 11 is 20.5. The highest BCUT2D eigenvalue weighted by molar-refractivity contribution is 7.21. The van der Waals surface area contributed by atoms with E-state index in [2.05, 4.69) is 5.32 Å². The van der Waals surface area contributed by atoms with Crippen molar-refractivity contribution < 1.29 is 9.53 Å². The molecule has 0 spiro atoms. The van der Waals surface area contributed by atoms with Crippen LogP contribution in [0.3, 0.4) is 0 Å². The molecule has 1 N–H and O–H groups in total. The summed E-state index contributed by atoms with van der Waals surface area (Å²) in [4.78, 5) is 17.3. The second-order valence-corrected chi connectivity index (χ2v) is 9.49. The molecule has 0 atom stereocenters. The highest BCUT2D eigenvalue weighted by atomic mass is 35.5. The maximum absolute atomic E-state index is 12.6. The minimum atomic E-state index is -0.327. The van der Waals surface area contributed by atoms with Gasteiger partial charge < -0.3 is 10.1 Å². The first kappa shape index (κ1) is 22.9. The first-order chi connectivity index (χ1) is 15.3. The van der Waals surface area contributed by atoms with E-state index in [1.165, 1.54) is 0 Å². The van der Waals surface area contributed by atoms with Crippen molar-refractivity contribution in [1.29, 1.82) is 0 Å². The third-order valence-corrected chi connectivity index (χ3v) is 7.74. The van der Waals surface area contributed by atoms with Gasteiger partial charge in [-0.15, -0.1) is 11.3 Å². The third kappa shape index (κ3) is 4.30. The van der Waals surface area contributed by atoms with Gasteiger partial charge in [-0.1, -0.05) is 59.1 Å². The van der Waals surface area contributed by atoms with Crippen LogP contribution >= 0.6 is 46.1 Å². The molecule has 0 aliphatic rings. The summed E-state index contributed by atoms with van der Waals surface area (Å²) in [6, 6.07) is 13.7. The van der Waals surface area contributed by atoms with E-state index >= 15 is 0 Å². The second-order valence-electron chi connectivity index (χ2n) is 7.32. The topological polar surface area (TPSA) is 51.2 Å². The number of nitrogens with one attached hydrogen (secondary N) is 1. The smallest absolute Gasteiger partial charge is 0.262 e. The maximum atomic E-state index is 12.6. The number of ether oxygens (including phenoxy) is 1. The van der Waals surface area contributed by atoms with Crippen molar-refractivity contribution in [1.82, 2.24) is 4.98 Å². The fraction of sp³-hybridized carbons (Fsp3) is 0.167. The maximum Gasteiger partial charge on any atom is 0.262 e. The quantitative estimate of drug-likeness (QED) is 0.300. The minimum Gasteiger partial charge on any atom is -0.481 e. The molecule has 1 heterocycles. The first-order valence-electron chi connectivity index (χ1n) is 9.79. The Bertz CT molecular complexity index is 1290. The molecule has 1 amide bonds. The Morgan fingerprint density at radius 1 is 0.938 bits per heavy atom. The standard InChI is InChI=1S/C24H19Cl3N2O2S/c1-12-15(24-29-17-8-4-5-10-18(17)32-24)7-6-9-16(12)28-19(30)11-31-23-21(26)13(2)20(25)14(3)22(23)27/h4-10H,11H2,1-3H3,(H,28,30). The summed E-state index contributed by atoms with van der Waals surface area (Å²) in [7, 11) is 0. The number of hydrogen-bond acceptors (Lipinski definition) is 4. The van der Waals surface area contributed by atoms with Crippen LogP contribution in [0, 0.1) is 20.8 Å². The SMILES string of the molecule is Cc1c(NC(=O)COc2c(Cl)c(C)c(Cl)c(C)c2Cl)cccc1-c1nc2ccccc2s1. The number of benzene rings is 3. The van der Waals surface area contributed by atoms with E-state index in [1.807, 2.05) is 49.4 Å². The van der Waals surface area contributed by atoms with Crippen LogP contribution in [0.1, 0.15) is 16.7 Å². The van der Waals surface area contributed by atoms with Crippen molar-refractivity contribution in [3.63, 3.8) is 0 Å². The molecule has 0 fully saturated rings. The number of para-hydroxylation sites is 1. The Morgan fingerprint density at radius 3 is 2.31 bits per heavy atom. The van der Waals surface area contributed by atoms with E-state index in [0.29, 0.717) is 31.9 Å². The van der Waals surface area contributed by atoms with Gasteiger partial charge in [0.1, 0.15) is 5.01 Å². The van der Waals surface area contributed by atoms with Gasteiger partial charge in [-0.05, 0) is 55.7 Å². The molecule has 0 aliphatic carbocycles. The number of aromatic nitrogens is 1. The third-order valence-electron chi connectivity index (χ3n) is 5.20. The molecule has 4 rings (SSSR count). The number of rotatable bonds is 5. The molecule has 0 saturated carbocycles. The van der Waals surface area contributed by atoms with E-state index in [-0.39, 0.29) is 18.3 Å². The number of carbonyl (C=O) groups is 1. The molecular formula is C24H19Cl3N2O2S. The van der Waals surface area contributed by atoms with Gasteiger partial charge in [0.15, 0.2) is 12.4 Å². The Kier molecular flexibility index (Phi) is 6.63. The molecule has 0 saturated heterocycles. The van der Waals surface area contributed by atoms with Crippen molar-refractivity contribution in [2.45, 2.75) is 20.8 Å². The fourth-order valence-electron chi connectivity index (χ4n) is 3.35. The van der Waals surface area contributed by atoms with Crippen LogP contribution in [0.25, 0.3) is 20.8 Å². The number of amides is 1. The van der Waals surface area contributed by atoms with Crippen LogP contribution in [0.5, 0.6) is 5.75 Å². The van der Waals surface area contributed by atoms with E-state index in [4.69, 9.17) is 44.5 Å². The molecule has 32 heavy (non-hydrogen) atoms. The van der Waals surface area contributed by atoms with Gasteiger partial charge in [-0.25, -0.2) is 4.98 Å². The summed E-state index contributed by atoms with van der Waals surface area (Å²) < 4.78 is 6.79. The van der Waals surface area contributed by atoms with Gasteiger partial charge >= 0.3 is 0 Å².